The molecule has 1 amide bonds. The van der Waals surface area contributed by atoms with Crippen LogP contribution in [-0.2, 0) is 4.79 Å². The van der Waals surface area contributed by atoms with E-state index in [4.69, 9.17) is 16.6 Å². The van der Waals surface area contributed by atoms with Crippen LogP contribution in [0.3, 0.4) is 0 Å². The Morgan fingerprint density at radius 1 is 1.27 bits per heavy atom. The minimum absolute atomic E-state index is 0.0188. The number of carbonyl (C=O) groups is 2. The lowest BCUT2D eigenvalue weighted by atomic mass is 10.1. The van der Waals surface area contributed by atoms with Crippen LogP contribution in [0.4, 0.5) is 5.69 Å². The molecule has 0 aliphatic carbocycles. The highest BCUT2D eigenvalue weighted by Gasteiger charge is 2.33. The van der Waals surface area contributed by atoms with Gasteiger partial charge < -0.3 is 4.42 Å². The van der Waals surface area contributed by atoms with Gasteiger partial charge in [0.05, 0.1) is 16.9 Å². The number of Topliss-reactive ketones (excluding diaryl/α,β-unsaturated/α-hetero) is 1. The van der Waals surface area contributed by atoms with Crippen molar-refractivity contribution in [2.75, 3.05) is 4.90 Å². The van der Waals surface area contributed by atoms with Gasteiger partial charge in [-0.25, -0.2) is 0 Å². The van der Waals surface area contributed by atoms with Crippen LogP contribution in [0.15, 0.2) is 52.0 Å². The Hall–Kier alpha value is -2.18. The molecule has 2 aromatic rings. The van der Waals surface area contributed by atoms with E-state index in [9.17, 15) is 9.59 Å². The van der Waals surface area contributed by atoms with Gasteiger partial charge in [-0.2, -0.15) is 0 Å². The van der Waals surface area contributed by atoms with Gasteiger partial charge in [0.15, 0.2) is 10.1 Å². The predicted octanol–water partition coefficient (Wildman–Crippen LogP) is 3.89. The van der Waals surface area contributed by atoms with E-state index >= 15 is 0 Å². The molecule has 6 heteroatoms. The summed E-state index contributed by atoms with van der Waals surface area (Å²) in [4.78, 5) is 25.8. The number of carbonyl (C=O) groups excluding carboxylic acids is 2. The first-order valence-corrected chi connectivity index (χ1v) is 7.71. The fourth-order valence-electron chi connectivity index (χ4n) is 2.04. The van der Waals surface area contributed by atoms with E-state index in [0.29, 0.717) is 26.2 Å². The van der Waals surface area contributed by atoms with Crippen molar-refractivity contribution in [3.63, 3.8) is 0 Å². The summed E-state index contributed by atoms with van der Waals surface area (Å²) in [5.41, 5.74) is 1.25. The summed E-state index contributed by atoms with van der Waals surface area (Å²) in [6, 6.07) is 10.3. The van der Waals surface area contributed by atoms with E-state index in [0.717, 1.165) is 0 Å². The first-order valence-electron chi connectivity index (χ1n) is 6.49. The Bertz CT molecular complexity index is 776. The van der Waals surface area contributed by atoms with Crippen molar-refractivity contribution in [2.24, 2.45) is 0 Å². The first kappa shape index (κ1) is 14.7. The normalized spacial score (nSPS) is 16.6. The zero-order valence-electron chi connectivity index (χ0n) is 11.6. The molecule has 1 aromatic heterocycles. The van der Waals surface area contributed by atoms with Crippen molar-refractivity contribution in [3.05, 3.63) is 58.9 Å². The summed E-state index contributed by atoms with van der Waals surface area (Å²) in [5, 5.41) is 0. The summed E-state index contributed by atoms with van der Waals surface area (Å²) >= 11 is 6.51. The van der Waals surface area contributed by atoms with E-state index in [1.54, 1.807) is 48.7 Å². The number of hydrogen-bond donors (Lipinski definition) is 0. The van der Waals surface area contributed by atoms with Gasteiger partial charge in [-0.3, -0.25) is 14.5 Å². The lowest BCUT2D eigenvalue weighted by molar-refractivity contribution is -0.113. The van der Waals surface area contributed by atoms with E-state index in [1.165, 1.54) is 23.6 Å². The molecule has 0 unspecified atom stereocenters. The predicted molar refractivity (Wildman–Crippen MR) is 90.8 cm³/mol. The summed E-state index contributed by atoms with van der Waals surface area (Å²) in [6.07, 6.45) is 3.22. The molecule has 4 nitrogen and oxygen atoms in total. The second-order valence-electron chi connectivity index (χ2n) is 4.64. The molecule has 2 heterocycles. The van der Waals surface area contributed by atoms with E-state index < -0.39 is 0 Å². The van der Waals surface area contributed by atoms with Gasteiger partial charge in [0.1, 0.15) is 5.76 Å². The molecule has 0 saturated carbocycles. The molecule has 0 spiro atoms. The van der Waals surface area contributed by atoms with Crippen LogP contribution in [0.1, 0.15) is 23.0 Å². The van der Waals surface area contributed by atoms with Crippen molar-refractivity contribution in [2.45, 2.75) is 6.92 Å². The number of furan rings is 1. The molecule has 22 heavy (non-hydrogen) atoms. The van der Waals surface area contributed by atoms with E-state index in [-0.39, 0.29) is 11.7 Å². The van der Waals surface area contributed by atoms with Gasteiger partial charge in [0.25, 0.3) is 5.91 Å². The number of hydrogen-bond acceptors (Lipinski definition) is 5. The van der Waals surface area contributed by atoms with Crippen LogP contribution in [0.25, 0.3) is 6.08 Å². The average Bonchev–Trinajstić information content (AvgIpc) is 3.09. The van der Waals surface area contributed by atoms with E-state index in [2.05, 4.69) is 0 Å². The largest absolute Gasteiger partial charge is 0.465 e. The monoisotopic (exact) mass is 329 g/mol. The van der Waals surface area contributed by atoms with Crippen molar-refractivity contribution < 1.29 is 14.0 Å². The Morgan fingerprint density at radius 2 is 2.00 bits per heavy atom. The van der Waals surface area contributed by atoms with Gasteiger partial charge in [0, 0.05) is 11.6 Å². The molecular formula is C16H11NO3S2. The standard InChI is InChI=1S/C16H11NO3S2/c1-10(18)11-4-6-12(7-5-11)17-15(19)14(22-16(17)21)9-13-3-2-8-20-13/h2-9H,1H3/b14-9+. The second-order valence-corrected chi connectivity index (χ2v) is 6.31. The molecule has 1 saturated heterocycles. The van der Waals surface area contributed by atoms with Crippen LogP contribution < -0.4 is 4.90 Å². The third-order valence-corrected chi connectivity index (χ3v) is 4.44. The fraction of sp³-hybridized carbons (Fsp3) is 0.0625. The number of amides is 1. The number of benzene rings is 1. The average molecular weight is 329 g/mol. The third kappa shape index (κ3) is 2.75. The zero-order valence-corrected chi connectivity index (χ0v) is 13.2. The Labute approximate surface area is 136 Å². The van der Waals surface area contributed by atoms with Crippen LogP contribution in [0.5, 0.6) is 0 Å². The number of thioether (sulfide) groups is 1. The van der Waals surface area contributed by atoms with Gasteiger partial charge in [-0.05, 0) is 43.3 Å². The molecule has 3 rings (SSSR count). The molecule has 0 radical (unpaired) electrons. The molecule has 0 atom stereocenters. The lowest BCUT2D eigenvalue weighted by Crippen LogP contribution is -2.27. The summed E-state index contributed by atoms with van der Waals surface area (Å²) in [7, 11) is 0. The Kier molecular flexibility index (Phi) is 3.96. The summed E-state index contributed by atoms with van der Waals surface area (Å²) in [6.45, 7) is 1.50. The van der Waals surface area contributed by atoms with Gasteiger partial charge in [-0.15, -0.1) is 0 Å². The van der Waals surface area contributed by atoms with Crippen LogP contribution in [-0.4, -0.2) is 16.0 Å². The molecule has 1 fully saturated rings. The number of nitrogens with zero attached hydrogens (tertiary/aromatic N) is 1. The first-order chi connectivity index (χ1) is 10.6. The van der Waals surface area contributed by atoms with Gasteiger partial charge in [0.2, 0.25) is 0 Å². The molecule has 1 aliphatic heterocycles. The van der Waals surface area contributed by atoms with Gasteiger partial charge in [-0.1, -0.05) is 24.0 Å². The highest BCUT2D eigenvalue weighted by Crippen LogP contribution is 2.36. The highest BCUT2D eigenvalue weighted by atomic mass is 32.2. The number of anilines is 1. The van der Waals surface area contributed by atoms with Crippen LogP contribution in [0, 0.1) is 0 Å². The van der Waals surface area contributed by atoms with Crippen LogP contribution >= 0.6 is 24.0 Å². The SMILES string of the molecule is CC(=O)c1ccc(N2C(=O)/C(=C\c3ccco3)SC2=S)cc1. The second kappa shape index (κ2) is 5.90. The molecule has 0 bridgehead atoms. The molecular weight excluding hydrogens is 318 g/mol. The summed E-state index contributed by atoms with van der Waals surface area (Å²) in [5.74, 6) is 0.393. The molecule has 1 aromatic carbocycles. The fourth-order valence-corrected chi connectivity index (χ4v) is 3.32. The maximum Gasteiger partial charge on any atom is 0.270 e. The Balaban J connectivity index is 1.90. The van der Waals surface area contributed by atoms with Crippen molar-refractivity contribution in [1.82, 2.24) is 0 Å². The van der Waals surface area contributed by atoms with E-state index in [1.807, 2.05) is 0 Å². The van der Waals surface area contributed by atoms with Crippen LogP contribution in [0.2, 0.25) is 0 Å². The number of thiocarbonyl (C=S) groups is 1. The van der Waals surface area contributed by atoms with Gasteiger partial charge >= 0.3 is 0 Å². The Morgan fingerprint density at radius 3 is 2.59 bits per heavy atom. The smallest absolute Gasteiger partial charge is 0.270 e. The quantitative estimate of drug-likeness (QED) is 0.486. The highest BCUT2D eigenvalue weighted by molar-refractivity contribution is 8.27. The van der Waals surface area contributed by atoms with Crippen molar-refractivity contribution >= 4 is 51.8 Å². The molecule has 0 N–H and O–H groups in total. The number of rotatable bonds is 3. The molecule has 1 aliphatic rings. The molecule has 110 valence electrons. The maximum atomic E-state index is 12.5. The lowest BCUT2D eigenvalue weighted by Gasteiger charge is -2.14. The topological polar surface area (TPSA) is 50.5 Å². The van der Waals surface area contributed by atoms with Crippen molar-refractivity contribution in [3.8, 4) is 0 Å². The van der Waals surface area contributed by atoms with Crippen molar-refractivity contribution in [1.29, 1.82) is 0 Å². The number of ketones is 1. The third-order valence-electron chi connectivity index (χ3n) is 3.14. The summed E-state index contributed by atoms with van der Waals surface area (Å²) < 4.78 is 5.68. The zero-order chi connectivity index (χ0) is 15.7. The maximum absolute atomic E-state index is 12.5. The minimum Gasteiger partial charge on any atom is -0.465 e. The minimum atomic E-state index is -0.193.